The Kier molecular flexibility index (Phi) is 5.22. The van der Waals surface area contributed by atoms with Crippen LogP contribution in [0.4, 0.5) is 0 Å². The fraction of sp³-hybridized carbons (Fsp3) is 0.600. The van der Waals surface area contributed by atoms with E-state index in [-0.39, 0.29) is 18.1 Å². The van der Waals surface area contributed by atoms with Gasteiger partial charge in [0.15, 0.2) is 0 Å². The molecule has 1 saturated heterocycles. The zero-order valence-corrected chi connectivity index (χ0v) is 12.1. The molecule has 4 heteroatoms. The number of hydrogen-bond donors (Lipinski definition) is 2. The van der Waals surface area contributed by atoms with Gasteiger partial charge in [0.25, 0.3) is 0 Å². The summed E-state index contributed by atoms with van der Waals surface area (Å²) in [5, 5.41) is 13.9. The maximum absolute atomic E-state index is 9.66. The SMILES string of the molecule is CC(NCC1(CO)CCOCC1)c1ccccc1Cl. The van der Waals surface area contributed by atoms with Crippen molar-refractivity contribution >= 4 is 11.6 Å². The lowest BCUT2D eigenvalue weighted by atomic mass is 9.80. The molecule has 1 heterocycles. The van der Waals surface area contributed by atoms with E-state index in [1.54, 1.807) is 0 Å². The topological polar surface area (TPSA) is 41.5 Å². The molecule has 0 bridgehead atoms. The Balaban J connectivity index is 1.95. The van der Waals surface area contributed by atoms with Crippen molar-refractivity contribution < 1.29 is 9.84 Å². The summed E-state index contributed by atoms with van der Waals surface area (Å²) in [4.78, 5) is 0. The van der Waals surface area contributed by atoms with Crippen molar-refractivity contribution in [3.8, 4) is 0 Å². The van der Waals surface area contributed by atoms with Crippen molar-refractivity contribution in [2.75, 3.05) is 26.4 Å². The summed E-state index contributed by atoms with van der Waals surface area (Å²) in [5.41, 5.74) is 1.05. The highest BCUT2D eigenvalue weighted by atomic mass is 35.5. The largest absolute Gasteiger partial charge is 0.396 e. The van der Waals surface area contributed by atoms with Crippen LogP contribution in [0.15, 0.2) is 24.3 Å². The van der Waals surface area contributed by atoms with E-state index in [0.29, 0.717) is 0 Å². The van der Waals surface area contributed by atoms with Gasteiger partial charge in [-0.05, 0) is 31.4 Å². The van der Waals surface area contributed by atoms with Crippen molar-refractivity contribution in [1.82, 2.24) is 5.32 Å². The van der Waals surface area contributed by atoms with E-state index in [9.17, 15) is 5.11 Å². The van der Waals surface area contributed by atoms with E-state index < -0.39 is 0 Å². The van der Waals surface area contributed by atoms with Gasteiger partial charge in [0, 0.05) is 36.2 Å². The maximum atomic E-state index is 9.66. The summed E-state index contributed by atoms with van der Waals surface area (Å²) < 4.78 is 5.38. The molecule has 0 radical (unpaired) electrons. The van der Waals surface area contributed by atoms with E-state index in [1.807, 2.05) is 24.3 Å². The molecule has 1 fully saturated rings. The lowest BCUT2D eigenvalue weighted by molar-refractivity contribution is -0.0163. The third-order valence-corrected chi connectivity index (χ3v) is 4.39. The first-order chi connectivity index (χ1) is 9.17. The van der Waals surface area contributed by atoms with Crippen LogP contribution in [0.1, 0.15) is 31.4 Å². The quantitative estimate of drug-likeness (QED) is 0.873. The molecule has 1 aliphatic heterocycles. The predicted molar refractivity (Wildman–Crippen MR) is 77.4 cm³/mol. The minimum atomic E-state index is -0.0479. The summed E-state index contributed by atoms with van der Waals surface area (Å²) in [5.74, 6) is 0. The first-order valence-corrected chi connectivity index (χ1v) is 7.21. The zero-order chi connectivity index (χ0) is 13.7. The third kappa shape index (κ3) is 3.69. The molecule has 1 aromatic carbocycles. The molecule has 1 aromatic rings. The molecule has 2 N–H and O–H groups in total. The minimum absolute atomic E-state index is 0.0479. The lowest BCUT2D eigenvalue weighted by Crippen LogP contribution is -2.42. The van der Waals surface area contributed by atoms with Crippen LogP contribution in [0.25, 0.3) is 0 Å². The van der Waals surface area contributed by atoms with Gasteiger partial charge in [-0.25, -0.2) is 0 Å². The normalized spacial score (nSPS) is 20.2. The van der Waals surface area contributed by atoms with E-state index in [1.165, 1.54) is 0 Å². The van der Waals surface area contributed by atoms with Crippen LogP contribution < -0.4 is 5.32 Å². The molecule has 0 aromatic heterocycles. The Morgan fingerprint density at radius 2 is 2.05 bits per heavy atom. The van der Waals surface area contributed by atoms with Gasteiger partial charge in [-0.3, -0.25) is 0 Å². The molecule has 19 heavy (non-hydrogen) atoms. The van der Waals surface area contributed by atoms with Crippen molar-refractivity contribution in [2.45, 2.75) is 25.8 Å². The van der Waals surface area contributed by atoms with E-state index in [2.05, 4.69) is 12.2 Å². The van der Waals surface area contributed by atoms with Crippen LogP contribution in [0.5, 0.6) is 0 Å². The van der Waals surface area contributed by atoms with Crippen LogP contribution in [0.3, 0.4) is 0 Å². The summed E-state index contributed by atoms with van der Waals surface area (Å²) in [7, 11) is 0. The molecule has 3 nitrogen and oxygen atoms in total. The highest BCUT2D eigenvalue weighted by Gasteiger charge is 2.32. The number of rotatable bonds is 5. The second-order valence-electron chi connectivity index (χ2n) is 5.39. The highest BCUT2D eigenvalue weighted by Crippen LogP contribution is 2.30. The Morgan fingerprint density at radius 1 is 1.37 bits per heavy atom. The number of aliphatic hydroxyl groups is 1. The van der Waals surface area contributed by atoms with Crippen LogP contribution in [0.2, 0.25) is 5.02 Å². The van der Waals surface area contributed by atoms with Gasteiger partial charge >= 0.3 is 0 Å². The Labute approximate surface area is 119 Å². The van der Waals surface area contributed by atoms with Gasteiger partial charge in [-0.15, -0.1) is 0 Å². The third-order valence-electron chi connectivity index (χ3n) is 4.04. The fourth-order valence-corrected chi connectivity index (χ4v) is 2.80. The van der Waals surface area contributed by atoms with Crippen LogP contribution in [-0.4, -0.2) is 31.5 Å². The van der Waals surface area contributed by atoms with Crippen molar-refractivity contribution in [3.05, 3.63) is 34.9 Å². The van der Waals surface area contributed by atoms with Gasteiger partial charge in [0.05, 0.1) is 6.61 Å². The first kappa shape index (κ1) is 14.8. The van der Waals surface area contributed by atoms with Gasteiger partial charge < -0.3 is 15.2 Å². The summed E-state index contributed by atoms with van der Waals surface area (Å²) in [6.07, 6.45) is 1.82. The molecule has 1 unspecified atom stereocenters. The smallest absolute Gasteiger partial charge is 0.0501 e. The number of hydrogen-bond acceptors (Lipinski definition) is 3. The van der Waals surface area contributed by atoms with Crippen molar-refractivity contribution in [2.24, 2.45) is 5.41 Å². The fourth-order valence-electron chi connectivity index (χ4n) is 2.50. The van der Waals surface area contributed by atoms with Gasteiger partial charge in [0.2, 0.25) is 0 Å². The summed E-state index contributed by atoms with van der Waals surface area (Å²) in [6.45, 7) is 4.58. The Bertz CT molecular complexity index is 405. The van der Waals surface area contributed by atoms with Crippen LogP contribution in [-0.2, 0) is 4.74 Å². The molecule has 0 amide bonds. The number of benzene rings is 1. The number of halogens is 1. The standard InChI is InChI=1S/C15H22ClNO2/c1-12(13-4-2-3-5-14(13)16)17-10-15(11-18)6-8-19-9-7-15/h2-5,12,17-18H,6-11H2,1H3. The molecular weight excluding hydrogens is 262 g/mol. The maximum Gasteiger partial charge on any atom is 0.0501 e. The van der Waals surface area contributed by atoms with Crippen LogP contribution in [0, 0.1) is 5.41 Å². The molecule has 0 spiro atoms. The lowest BCUT2D eigenvalue weighted by Gasteiger charge is -2.36. The average Bonchev–Trinajstić information content (AvgIpc) is 2.46. The molecule has 2 rings (SSSR count). The summed E-state index contributed by atoms with van der Waals surface area (Å²) in [6, 6.07) is 8.06. The molecule has 0 saturated carbocycles. The monoisotopic (exact) mass is 283 g/mol. The highest BCUT2D eigenvalue weighted by molar-refractivity contribution is 6.31. The molecular formula is C15H22ClNO2. The predicted octanol–water partition coefficient (Wildman–Crippen LogP) is 2.78. The van der Waals surface area contributed by atoms with Gasteiger partial charge in [-0.1, -0.05) is 29.8 Å². The molecule has 1 aliphatic rings. The second kappa shape index (κ2) is 6.71. The van der Waals surface area contributed by atoms with E-state index >= 15 is 0 Å². The number of aliphatic hydroxyl groups excluding tert-OH is 1. The first-order valence-electron chi connectivity index (χ1n) is 6.83. The molecule has 106 valence electrons. The second-order valence-corrected chi connectivity index (χ2v) is 5.80. The van der Waals surface area contributed by atoms with E-state index in [0.717, 1.165) is 43.2 Å². The Morgan fingerprint density at radius 3 is 2.68 bits per heavy atom. The van der Waals surface area contributed by atoms with Crippen LogP contribution >= 0.6 is 11.6 Å². The zero-order valence-electron chi connectivity index (χ0n) is 11.4. The van der Waals surface area contributed by atoms with E-state index in [4.69, 9.17) is 16.3 Å². The molecule has 1 atom stereocenters. The Hall–Kier alpha value is -0.610. The van der Waals surface area contributed by atoms with Crippen molar-refractivity contribution in [3.63, 3.8) is 0 Å². The number of nitrogens with one attached hydrogen (secondary N) is 1. The van der Waals surface area contributed by atoms with Crippen molar-refractivity contribution in [1.29, 1.82) is 0 Å². The average molecular weight is 284 g/mol. The minimum Gasteiger partial charge on any atom is -0.396 e. The molecule has 0 aliphatic carbocycles. The van der Waals surface area contributed by atoms with Gasteiger partial charge in [0.1, 0.15) is 0 Å². The van der Waals surface area contributed by atoms with Gasteiger partial charge in [-0.2, -0.15) is 0 Å². The number of ether oxygens (including phenoxy) is 1. The summed E-state index contributed by atoms with van der Waals surface area (Å²) >= 11 is 6.20.